The van der Waals surface area contributed by atoms with Crippen LogP contribution >= 0.6 is 0 Å². The molecular weight excluding hydrogens is 280 g/mol. The number of halogens is 2. The Morgan fingerprint density at radius 1 is 1.33 bits per heavy atom. The molecule has 2 rings (SSSR count). The lowest BCUT2D eigenvalue weighted by molar-refractivity contribution is -0.125. The second-order valence-electron chi connectivity index (χ2n) is 5.06. The van der Waals surface area contributed by atoms with Gasteiger partial charge in [-0.1, -0.05) is 0 Å². The summed E-state index contributed by atoms with van der Waals surface area (Å²) in [6.07, 6.45) is 1.37. The Labute approximate surface area is 121 Å². The van der Waals surface area contributed by atoms with E-state index in [1.165, 1.54) is 11.9 Å². The van der Waals surface area contributed by atoms with Crippen molar-refractivity contribution in [3.8, 4) is 0 Å². The third-order valence-electron chi connectivity index (χ3n) is 3.65. The van der Waals surface area contributed by atoms with Gasteiger partial charge in [0.1, 0.15) is 0 Å². The fourth-order valence-corrected chi connectivity index (χ4v) is 2.50. The number of piperidine rings is 1. The first-order valence-electron chi connectivity index (χ1n) is 6.69. The summed E-state index contributed by atoms with van der Waals surface area (Å²) in [6.45, 7) is 0.710. The molecule has 1 aliphatic heterocycles. The van der Waals surface area contributed by atoms with E-state index >= 15 is 0 Å². The maximum absolute atomic E-state index is 13.3. The Balaban J connectivity index is 2.20. The molecule has 0 spiro atoms. The van der Waals surface area contributed by atoms with E-state index in [9.17, 15) is 18.4 Å². The van der Waals surface area contributed by atoms with Gasteiger partial charge in [-0.25, -0.2) is 8.78 Å². The second-order valence-corrected chi connectivity index (χ2v) is 5.06. The molecular formula is C14H17F2N3O2. The number of hydrogen-bond donors (Lipinski definition) is 2. The summed E-state index contributed by atoms with van der Waals surface area (Å²) in [4.78, 5) is 25.5. The molecule has 21 heavy (non-hydrogen) atoms. The van der Waals surface area contributed by atoms with Gasteiger partial charge in [0.2, 0.25) is 5.91 Å². The van der Waals surface area contributed by atoms with E-state index in [1.807, 2.05) is 0 Å². The summed E-state index contributed by atoms with van der Waals surface area (Å²) in [5, 5.41) is 2.55. The molecule has 1 heterocycles. The van der Waals surface area contributed by atoms with E-state index in [0.717, 1.165) is 12.1 Å². The Morgan fingerprint density at radius 2 is 2.00 bits per heavy atom. The van der Waals surface area contributed by atoms with Crippen molar-refractivity contribution in [3.63, 3.8) is 0 Å². The number of nitrogens with two attached hydrogens (primary N) is 1. The SMILES string of the molecule is CNC(=O)C1CCCN(C(=O)c2cc(F)c(F)cc2N)C1. The fraction of sp³-hybridized carbons (Fsp3) is 0.429. The molecule has 1 fully saturated rings. The van der Waals surface area contributed by atoms with Gasteiger partial charge >= 0.3 is 0 Å². The van der Waals surface area contributed by atoms with Crippen LogP contribution in [0.15, 0.2) is 12.1 Å². The number of likely N-dealkylation sites (tertiary alicyclic amines) is 1. The number of rotatable bonds is 2. The van der Waals surface area contributed by atoms with Crippen LogP contribution in [0.3, 0.4) is 0 Å². The fourth-order valence-electron chi connectivity index (χ4n) is 2.50. The maximum atomic E-state index is 13.3. The zero-order valence-corrected chi connectivity index (χ0v) is 11.7. The molecule has 2 amide bonds. The minimum atomic E-state index is -1.12. The first kappa shape index (κ1) is 15.2. The van der Waals surface area contributed by atoms with Gasteiger partial charge in [0.05, 0.1) is 11.5 Å². The van der Waals surface area contributed by atoms with Crippen LogP contribution in [-0.4, -0.2) is 36.9 Å². The summed E-state index contributed by atoms with van der Waals surface area (Å²) in [6, 6.07) is 1.60. The monoisotopic (exact) mass is 297 g/mol. The number of hydrogen-bond acceptors (Lipinski definition) is 3. The molecule has 1 atom stereocenters. The highest BCUT2D eigenvalue weighted by Crippen LogP contribution is 2.23. The van der Waals surface area contributed by atoms with Crippen LogP contribution in [0, 0.1) is 17.6 Å². The average Bonchev–Trinajstić information content (AvgIpc) is 2.49. The Morgan fingerprint density at radius 3 is 2.67 bits per heavy atom. The predicted octanol–water partition coefficient (Wildman–Crippen LogP) is 1.15. The lowest BCUT2D eigenvalue weighted by Gasteiger charge is -2.32. The second kappa shape index (κ2) is 6.07. The minimum Gasteiger partial charge on any atom is -0.398 e. The van der Waals surface area contributed by atoms with Gasteiger partial charge in [-0.05, 0) is 18.9 Å². The van der Waals surface area contributed by atoms with Crippen molar-refractivity contribution in [2.45, 2.75) is 12.8 Å². The smallest absolute Gasteiger partial charge is 0.256 e. The number of amides is 2. The molecule has 0 saturated carbocycles. The first-order chi connectivity index (χ1) is 9.93. The van der Waals surface area contributed by atoms with Gasteiger partial charge in [-0.2, -0.15) is 0 Å². The zero-order chi connectivity index (χ0) is 15.6. The van der Waals surface area contributed by atoms with E-state index in [1.54, 1.807) is 0 Å². The van der Waals surface area contributed by atoms with Crippen molar-refractivity contribution < 1.29 is 18.4 Å². The van der Waals surface area contributed by atoms with Gasteiger partial charge in [0.15, 0.2) is 11.6 Å². The van der Waals surface area contributed by atoms with Crippen LogP contribution in [0.1, 0.15) is 23.2 Å². The average molecular weight is 297 g/mol. The molecule has 5 nitrogen and oxygen atoms in total. The van der Waals surface area contributed by atoms with Crippen molar-refractivity contribution in [1.29, 1.82) is 0 Å². The number of carbonyl (C=O) groups is 2. The highest BCUT2D eigenvalue weighted by atomic mass is 19.2. The van der Waals surface area contributed by atoms with E-state index in [4.69, 9.17) is 5.73 Å². The molecule has 0 radical (unpaired) electrons. The molecule has 1 unspecified atom stereocenters. The summed E-state index contributed by atoms with van der Waals surface area (Å²) < 4.78 is 26.3. The highest BCUT2D eigenvalue weighted by molar-refractivity contribution is 5.99. The van der Waals surface area contributed by atoms with Gasteiger partial charge in [-0.3, -0.25) is 9.59 Å². The lowest BCUT2D eigenvalue weighted by Crippen LogP contribution is -2.45. The predicted molar refractivity (Wildman–Crippen MR) is 73.5 cm³/mol. The normalized spacial score (nSPS) is 18.4. The molecule has 0 bridgehead atoms. The molecule has 0 aromatic heterocycles. The number of nitrogens with zero attached hydrogens (tertiary/aromatic N) is 1. The Kier molecular flexibility index (Phi) is 4.40. The van der Waals surface area contributed by atoms with E-state index in [-0.39, 0.29) is 29.6 Å². The molecule has 1 saturated heterocycles. The molecule has 114 valence electrons. The topological polar surface area (TPSA) is 75.4 Å². The van der Waals surface area contributed by atoms with Gasteiger partial charge < -0.3 is 16.0 Å². The number of nitrogens with one attached hydrogen (secondary N) is 1. The standard InChI is InChI=1S/C14H17F2N3O2/c1-18-13(20)8-3-2-4-19(7-8)14(21)9-5-10(15)11(16)6-12(9)17/h5-6,8H,2-4,7,17H2,1H3,(H,18,20). The van der Waals surface area contributed by atoms with Crippen LogP contribution in [0.25, 0.3) is 0 Å². The van der Waals surface area contributed by atoms with Crippen LogP contribution in [-0.2, 0) is 4.79 Å². The molecule has 0 aliphatic carbocycles. The summed E-state index contributed by atoms with van der Waals surface area (Å²) in [7, 11) is 1.54. The molecule has 3 N–H and O–H groups in total. The number of anilines is 1. The van der Waals surface area contributed by atoms with Crippen molar-refractivity contribution in [1.82, 2.24) is 10.2 Å². The van der Waals surface area contributed by atoms with Crippen molar-refractivity contribution in [2.24, 2.45) is 5.92 Å². The number of benzene rings is 1. The van der Waals surface area contributed by atoms with Crippen LogP contribution in [0.4, 0.5) is 14.5 Å². The third kappa shape index (κ3) is 3.12. The minimum absolute atomic E-state index is 0.0774. The number of nitrogen functional groups attached to an aromatic ring is 1. The molecule has 1 aromatic rings. The zero-order valence-electron chi connectivity index (χ0n) is 11.7. The van der Waals surface area contributed by atoms with Gasteiger partial charge in [0, 0.05) is 31.9 Å². The van der Waals surface area contributed by atoms with E-state index in [0.29, 0.717) is 19.4 Å². The van der Waals surface area contributed by atoms with Crippen LogP contribution in [0.5, 0.6) is 0 Å². The number of carbonyl (C=O) groups excluding carboxylic acids is 2. The van der Waals surface area contributed by atoms with Crippen molar-refractivity contribution in [2.75, 3.05) is 25.9 Å². The largest absolute Gasteiger partial charge is 0.398 e. The van der Waals surface area contributed by atoms with Gasteiger partial charge in [-0.15, -0.1) is 0 Å². The first-order valence-corrected chi connectivity index (χ1v) is 6.69. The van der Waals surface area contributed by atoms with Crippen LogP contribution < -0.4 is 11.1 Å². The third-order valence-corrected chi connectivity index (χ3v) is 3.65. The van der Waals surface area contributed by atoms with Gasteiger partial charge in [0.25, 0.3) is 5.91 Å². The lowest BCUT2D eigenvalue weighted by atomic mass is 9.96. The van der Waals surface area contributed by atoms with E-state index < -0.39 is 17.5 Å². The molecule has 1 aromatic carbocycles. The van der Waals surface area contributed by atoms with Crippen molar-refractivity contribution >= 4 is 17.5 Å². The molecule has 1 aliphatic rings. The highest BCUT2D eigenvalue weighted by Gasteiger charge is 2.29. The summed E-state index contributed by atoms with van der Waals surface area (Å²) in [5.74, 6) is -3.12. The maximum Gasteiger partial charge on any atom is 0.256 e. The Bertz CT molecular complexity index is 578. The summed E-state index contributed by atoms with van der Waals surface area (Å²) >= 11 is 0. The van der Waals surface area contributed by atoms with E-state index in [2.05, 4.69) is 5.32 Å². The molecule has 7 heteroatoms. The Hall–Kier alpha value is -2.18. The summed E-state index contributed by atoms with van der Waals surface area (Å²) in [5.41, 5.74) is 5.40. The van der Waals surface area contributed by atoms with Crippen LogP contribution in [0.2, 0.25) is 0 Å². The quantitative estimate of drug-likeness (QED) is 0.804. The van der Waals surface area contributed by atoms with Crippen molar-refractivity contribution in [3.05, 3.63) is 29.3 Å².